The van der Waals surface area contributed by atoms with Crippen LogP contribution < -0.4 is 14.2 Å². The first-order valence-electron chi connectivity index (χ1n) is 8.97. The molecule has 1 saturated carbocycles. The normalized spacial score (nSPS) is 24.8. The molecule has 30 heavy (non-hydrogen) atoms. The standard InChI is InChI=1S/C19H17Cl2NO7S/c20-9-4-5-15(11(21)6-9)30(26,27)22-18-12(23)7-14-17(18)10-2-1-3-13(19(10)29-14)28-8-16(24)25/h1-6,12,14,17-18,22-23H,7-8H2,(H,24,25). The van der Waals surface area contributed by atoms with Crippen LogP contribution in [-0.4, -0.2) is 49.5 Å². The zero-order chi connectivity index (χ0) is 21.6. The van der Waals surface area contributed by atoms with Crippen LogP contribution in [0.2, 0.25) is 10.0 Å². The molecule has 4 unspecified atom stereocenters. The van der Waals surface area contributed by atoms with Gasteiger partial charge in [-0.05, 0) is 24.3 Å². The Kier molecular flexibility index (Phi) is 5.58. The lowest BCUT2D eigenvalue weighted by atomic mass is 9.94. The van der Waals surface area contributed by atoms with Crippen LogP contribution in [0.5, 0.6) is 11.5 Å². The van der Waals surface area contributed by atoms with Gasteiger partial charge in [-0.15, -0.1) is 0 Å². The molecule has 1 aliphatic heterocycles. The van der Waals surface area contributed by atoms with E-state index in [0.29, 0.717) is 16.3 Å². The molecule has 0 amide bonds. The second-order valence-electron chi connectivity index (χ2n) is 7.06. The van der Waals surface area contributed by atoms with Crippen LogP contribution in [0.1, 0.15) is 17.9 Å². The lowest BCUT2D eigenvalue weighted by Crippen LogP contribution is -2.43. The predicted molar refractivity (Wildman–Crippen MR) is 108 cm³/mol. The molecule has 8 nitrogen and oxygen atoms in total. The third-order valence-electron chi connectivity index (χ3n) is 5.14. The first-order chi connectivity index (χ1) is 14.2. The number of rotatable bonds is 6. The van der Waals surface area contributed by atoms with E-state index in [4.69, 9.17) is 37.8 Å². The Balaban J connectivity index is 1.64. The summed E-state index contributed by atoms with van der Waals surface area (Å²) in [6, 6.07) is 8.13. The number of carboxylic acids is 1. The molecule has 0 radical (unpaired) electrons. The smallest absolute Gasteiger partial charge is 0.341 e. The van der Waals surface area contributed by atoms with Crippen molar-refractivity contribution in [2.45, 2.75) is 35.5 Å². The van der Waals surface area contributed by atoms with Crippen molar-refractivity contribution >= 4 is 39.2 Å². The molecule has 1 fully saturated rings. The topological polar surface area (TPSA) is 122 Å². The minimum atomic E-state index is -4.06. The van der Waals surface area contributed by atoms with Gasteiger partial charge in [0.15, 0.2) is 18.1 Å². The van der Waals surface area contributed by atoms with E-state index in [2.05, 4.69) is 4.72 Å². The van der Waals surface area contributed by atoms with Crippen LogP contribution in [0.3, 0.4) is 0 Å². The van der Waals surface area contributed by atoms with Crippen LogP contribution in [-0.2, 0) is 14.8 Å². The second kappa shape index (κ2) is 7.90. The summed E-state index contributed by atoms with van der Waals surface area (Å²) in [6.45, 7) is -0.539. The lowest BCUT2D eigenvalue weighted by molar-refractivity contribution is -0.139. The van der Waals surface area contributed by atoms with E-state index in [9.17, 15) is 18.3 Å². The third kappa shape index (κ3) is 3.83. The maximum atomic E-state index is 12.9. The molecule has 11 heteroatoms. The van der Waals surface area contributed by atoms with E-state index in [-0.39, 0.29) is 22.1 Å². The van der Waals surface area contributed by atoms with E-state index in [1.807, 2.05) is 0 Å². The van der Waals surface area contributed by atoms with Crippen LogP contribution in [0.25, 0.3) is 0 Å². The summed E-state index contributed by atoms with van der Waals surface area (Å²) < 4.78 is 39.6. The molecule has 1 aliphatic carbocycles. The minimum Gasteiger partial charge on any atom is -0.485 e. The fraction of sp³-hybridized carbons (Fsp3) is 0.316. The van der Waals surface area contributed by atoms with E-state index in [1.165, 1.54) is 18.2 Å². The molecule has 0 bridgehead atoms. The van der Waals surface area contributed by atoms with Gasteiger partial charge in [-0.1, -0.05) is 35.3 Å². The Bertz CT molecular complexity index is 1110. The minimum absolute atomic E-state index is 0.0357. The highest BCUT2D eigenvalue weighted by molar-refractivity contribution is 7.89. The zero-order valence-corrected chi connectivity index (χ0v) is 17.6. The molecule has 3 N–H and O–H groups in total. The molecule has 0 spiro atoms. The molecule has 160 valence electrons. The summed E-state index contributed by atoms with van der Waals surface area (Å²) in [5.74, 6) is -1.01. The number of aliphatic hydroxyl groups excluding tert-OH is 1. The summed E-state index contributed by atoms with van der Waals surface area (Å²) in [5.41, 5.74) is 0.634. The quantitative estimate of drug-likeness (QED) is 0.588. The highest BCUT2D eigenvalue weighted by Gasteiger charge is 2.51. The fourth-order valence-corrected chi connectivity index (χ4v) is 6.00. The number of ether oxygens (including phenoxy) is 2. The van der Waals surface area contributed by atoms with Crippen molar-refractivity contribution in [2.75, 3.05) is 6.61 Å². The van der Waals surface area contributed by atoms with Crippen molar-refractivity contribution < 1.29 is 32.9 Å². The van der Waals surface area contributed by atoms with Crippen LogP contribution in [0.15, 0.2) is 41.3 Å². The Morgan fingerprint density at radius 2 is 2.03 bits per heavy atom. The van der Waals surface area contributed by atoms with Gasteiger partial charge in [0.25, 0.3) is 0 Å². The third-order valence-corrected chi connectivity index (χ3v) is 7.32. The number of hydrogen-bond acceptors (Lipinski definition) is 6. The van der Waals surface area contributed by atoms with Crippen molar-refractivity contribution in [1.29, 1.82) is 0 Å². The maximum Gasteiger partial charge on any atom is 0.341 e. The molecular formula is C19H17Cl2NO7S. The van der Waals surface area contributed by atoms with E-state index in [1.54, 1.807) is 18.2 Å². The van der Waals surface area contributed by atoms with Crippen molar-refractivity contribution in [1.82, 2.24) is 4.72 Å². The maximum absolute atomic E-state index is 12.9. The van der Waals surface area contributed by atoms with Crippen molar-refractivity contribution in [2.24, 2.45) is 0 Å². The number of aliphatic carboxylic acids is 1. The molecule has 2 aromatic carbocycles. The number of benzene rings is 2. The summed E-state index contributed by atoms with van der Waals surface area (Å²) in [5, 5.41) is 19.6. The number of para-hydroxylation sites is 1. The SMILES string of the molecule is O=C(O)COc1cccc2c1OC1CC(O)C(NS(=O)(=O)c3ccc(Cl)cc3Cl)C21. The first-order valence-corrected chi connectivity index (χ1v) is 11.2. The molecule has 4 atom stereocenters. The molecule has 4 rings (SSSR count). The zero-order valence-electron chi connectivity index (χ0n) is 15.3. The van der Waals surface area contributed by atoms with Crippen molar-refractivity contribution in [3.05, 3.63) is 52.0 Å². The average molecular weight is 474 g/mol. The Hall–Kier alpha value is -2.04. The molecule has 1 heterocycles. The van der Waals surface area contributed by atoms with Gasteiger partial charge in [0.1, 0.15) is 11.0 Å². The van der Waals surface area contributed by atoms with Gasteiger partial charge >= 0.3 is 5.97 Å². The largest absolute Gasteiger partial charge is 0.485 e. The molecule has 0 aromatic heterocycles. The Morgan fingerprint density at radius 1 is 1.27 bits per heavy atom. The van der Waals surface area contributed by atoms with Gasteiger partial charge < -0.3 is 19.7 Å². The van der Waals surface area contributed by atoms with Gasteiger partial charge in [0, 0.05) is 22.9 Å². The number of carboxylic acid groups (broad SMARTS) is 1. The second-order valence-corrected chi connectivity index (χ2v) is 9.59. The number of nitrogens with one attached hydrogen (secondary N) is 1. The van der Waals surface area contributed by atoms with Crippen molar-refractivity contribution in [3.63, 3.8) is 0 Å². The lowest BCUT2D eigenvalue weighted by Gasteiger charge is -2.22. The average Bonchev–Trinajstić information content (AvgIpc) is 3.15. The first kappa shape index (κ1) is 21.2. The van der Waals surface area contributed by atoms with Crippen LogP contribution >= 0.6 is 23.2 Å². The van der Waals surface area contributed by atoms with Gasteiger partial charge in [-0.25, -0.2) is 17.9 Å². The number of halogens is 2. The van der Waals surface area contributed by atoms with Gasteiger partial charge in [-0.3, -0.25) is 0 Å². The number of sulfonamides is 1. The van der Waals surface area contributed by atoms with Crippen molar-refractivity contribution in [3.8, 4) is 11.5 Å². The summed E-state index contributed by atoms with van der Waals surface area (Å²) in [4.78, 5) is 10.7. The number of carbonyl (C=O) groups is 1. The molecule has 2 aromatic rings. The number of fused-ring (bicyclic) bond motifs is 3. The Morgan fingerprint density at radius 3 is 2.73 bits per heavy atom. The van der Waals surface area contributed by atoms with E-state index in [0.717, 1.165) is 0 Å². The summed E-state index contributed by atoms with van der Waals surface area (Å²) in [6.07, 6.45) is -1.28. The van der Waals surface area contributed by atoms with E-state index < -0.39 is 46.8 Å². The molecule has 2 aliphatic rings. The molecule has 0 saturated heterocycles. The van der Waals surface area contributed by atoms with Gasteiger partial charge in [0.2, 0.25) is 10.0 Å². The van der Waals surface area contributed by atoms with Crippen LogP contribution in [0, 0.1) is 0 Å². The van der Waals surface area contributed by atoms with Gasteiger partial charge in [0.05, 0.1) is 17.2 Å². The highest BCUT2D eigenvalue weighted by atomic mass is 35.5. The highest BCUT2D eigenvalue weighted by Crippen LogP contribution is 2.51. The van der Waals surface area contributed by atoms with Crippen LogP contribution in [0.4, 0.5) is 0 Å². The van der Waals surface area contributed by atoms with Gasteiger partial charge in [-0.2, -0.15) is 0 Å². The molecular weight excluding hydrogens is 457 g/mol. The monoisotopic (exact) mass is 473 g/mol. The summed E-state index contributed by atoms with van der Waals surface area (Å²) >= 11 is 11.9. The Labute approximate surface area is 182 Å². The fourth-order valence-electron chi connectivity index (χ4n) is 3.93. The number of hydrogen-bond donors (Lipinski definition) is 3. The predicted octanol–water partition coefficient (Wildman–Crippen LogP) is 2.41. The van der Waals surface area contributed by atoms with E-state index >= 15 is 0 Å². The summed E-state index contributed by atoms with van der Waals surface area (Å²) in [7, 11) is -4.06. The number of aliphatic hydroxyl groups is 1.